The molecular weight excluding hydrogens is 865 g/mol. The smallest absolute Gasteiger partial charge is 0.315 e. The van der Waals surface area contributed by atoms with Gasteiger partial charge in [0.15, 0.2) is 12.6 Å². The molecule has 5 aliphatic carbocycles. The second-order valence-electron chi connectivity index (χ2n) is 22.9. The van der Waals surface area contributed by atoms with Crippen LogP contribution in [0.25, 0.3) is 0 Å². The standard InChI is InChI=1S/C48H74O18/c1-21-30(52)32(54)35(57)40(62-21)65-38-24(19-49)63-39(37(59)34(38)56)61-20-25-31(53)33(55)36(58)41(64-25)66-42(60)48-16-15-46(7)22(23(48)17-43(2,3)29(51)18-48)9-10-27-45(6)13-12-28(50)44(4,5)26(45)11-14-47(27,46)8/h9-10,21,23-26,28,30-41,49-50,52-59H,11-20H2,1-8H3. The molecule has 8 aliphatic rings. The number of aliphatic hydroxyl groups is 10. The summed E-state index contributed by atoms with van der Waals surface area (Å²) in [5.41, 5.74) is -0.684. The first kappa shape index (κ1) is 50.4. The van der Waals surface area contributed by atoms with Crippen LogP contribution in [-0.2, 0) is 38.0 Å². The first-order valence-electron chi connectivity index (χ1n) is 23.8. The quantitative estimate of drug-likeness (QED) is 0.146. The summed E-state index contributed by atoms with van der Waals surface area (Å²) in [6.45, 7) is 15.1. The fraction of sp³-hybridized carbons (Fsp3) is 0.875. The van der Waals surface area contributed by atoms with Crippen molar-refractivity contribution in [3.05, 3.63) is 23.3 Å². The van der Waals surface area contributed by atoms with Gasteiger partial charge in [-0.1, -0.05) is 71.8 Å². The van der Waals surface area contributed by atoms with Gasteiger partial charge in [-0.3, -0.25) is 9.59 Å². The Morgan fingerprint density at radius 3 is 2.02 bits per heavy atom. The van der Waals surface area contributed by atoms with Gasteiger partial charge in [-0.25, -0.2) is 0 Å². The van der Waals surface area contributed by atoms with E-state index in [9.17, 15) is 60.7 Å². The SMILES string of the molecule is CC1OC(OC2C(CO)OC(OCC3OC(OC(=O)C45CCC6(C)C(=CC=C7C8(C)CCC(O)C(C)(C)C8CCC76C)C4CC(C)(C)C(=O)C5)C(O)C(O)C3O)C(O)C2O)C(O)C(O)C1O. The van der Waals surface area contributed by atoms with Crippen LogP contribution in [-0.4, -0.2) is 174 Å². The molecule has 0 bridgehead atoms. The Morgan fingerprint density at radius 2 is 1.33 bits per heavy atom. The summed E-state index contributed by atoms with van der Waals surface area (Å²) in [6.07, 6.45) is -16.1. The molecule has 22 unspecified atom stereocenters. The number of fused-ring (bicyclic) bond motifs is 7. The van der Waals surface area contributed by atoms with E-state index in [1.54, 1.807) is 0 Å². The van der Waals surface area contributed by atoms with Gasteiger partial charge in [0.2, 0.25) is 6.29 Å². The van der Waals surface area contributed by atoms with E-state index < -0.39 is 128 Å². The number of allylic oxidation sites excluding steroid dienone is 4. The largest absolute Gasteiger partial charge is 0.432 e. The molecule has 0 aromatic heterocycles. The van der Waals surface area contributed by atoms with Crippen molar-refractivity contribution in [3.63, 3.8) is 0 Å². The van der Waals surface area contributed by atoms with Crippen LogP contribution in [0, 0.1) is 44.3 Å². The van der Waals surface area contributed by atoms with Crippen LogP contribution in [0.5, 0.6) is 0 Å². The molecule has 0 aromatic rings. The van der Waals surface area contributed by atoms with Crippen LogP contribution >= 0.6 is 0 Å². The molecule has 0 spiro atoms. The van der Waals surface area contributed by atoms with E-state index in [4.69, 9.17) is 28.4 Å². The molecule has 22 atom stereocenters. The molecule has 4 saturated carbocycles. The summed E-state index contributed by atoms with van der Waals surface area (Å²) in [5.74, 6) is -1.02. The van der Waals surface area contributed by atoms with Crippen molar-refractivity contribution in [1.82, 2.24) is 0 Å². The maximum Gasteiger partial charge on any atom is 0.315 e. The number of carbonyl (C=O) groups excluding carboxylic acids is 2. The fourth-order valence-electron chi connectivity index (χ4n) is 13.9. The summed E-state index contributed by atoms with van der Waals surface area (Å²) in [6, 6.07) is 0. The van der Waals surface area contributed by atoms with Gasteiger partial charge in [-0.15, -0.1) is 0 Å². The predicted octanol–water partition coefficient (Wildman–Crippen LogP) is 0.267. The first-order chi connectivity index (χ1) is 30.7. The van der Waals surface area contributed by atoms with Crippen molar-refractivity contribution in [2.24, 2.45) is 44.3 Å². The van der Waals surface area contributed by atoms with Crippen molar-refractivity contribution >= 4 is 11.8 Å². The Kier molecular flexibility index (Phi) is 13.3. The lowest BCUT2D eigenvalue weighted by Crippen LogP contribution is -2.65. The van der Waals surface area contributed by atoms with Crippen molar-refractivity contribution < 1.29 is 89.1 Å². The highest BCUT2D eigenvalue weighted by Crippen LogP contribution is 2.74. The van der Waals surface area contributed by atoms with Crippen LogP contribution < -0.4 is 0 Å². The molecular formula is C48H74O18. The number of carbonyl (C=O) groups is 2. The maximum absolute atomic E-state index is 14.9. The van der Waals surface area contributed by atoms with E-state index in [0.717, 1.165) is 24.8 Å². The normalized spacial score (nSPS) is 52.1. The fourth-order valence-corrected chi connectivity index (χ4v) is 13.9. The zero-order valence-electron chi connectivity index (χ0n) is 39.4. The van der Waals surface area contributed by atoms with Crippen molar-refractivity contribution in [2.45, 2.75) is 205 Å². The van der Waals surface area contributed by atoms with Gasteiger partial charge in [0.25, 0.3) is 0 Å². The number of hydrogen-bond donors (Lipinski definition) is 10. The second-order valence-corrected chi connectivity index (χ2v) is 22.9. The van der Waals surface area contributed by atoms with Crippen LogP contribution in [0.3, 0.4) is 0 Å². The lowest BCUT2D eigenvalue weighted by atomic mass is 9.36. The molecule has 3 aliphatic heterocycles. The monoisotopic (exact) mass is 938 g/mol. The van der Waals surface area contributed by atoms with Gasteiger partial charge >= 0.3 is 5.97 Å². The van der Waals surface area contributed by atoms with Gasteiger partial charge in [-0.2, -0.15) is 0 Å². The van der Waals surface area contributed by atoms with Crippen LogP contribution in [0.1, 0.15) is 107 Å². The molecule has 7 fully saturated rings. The molecule has 0 aromatic carbocycles. The highest BCUT2D eigenvalue weighted by Gasteiger charge is 2.69. The highest BCUT2D eigenvalue weighted by atomic mass is 16.8. The number of rotatable bonds is 8. The average Bonchev–Trinajstić information content (AvgIpc) is 3.26. The number of aliphatic hydroxyl groups excluding tert-OH is 10. The minimum absolute atomic E-state index is 0.101. The zero-order valence-corrected chi connectivity index (χ0v) is 39.4. The number of hydrogen-bond acceptors (Lipinski definition) is 18. The van der Waals surface area contributed by atoms with Gasteiger partial charge in [0, 0.05) is 11.8 Å². The van der Waals surface area contributed by atoms with Crippen molar-refractivity contribution in [1.29, 1.82) is 0 Å². The van der Waals surface area contributed by atoms with E-state index in [2.05, 4.69) is 46.8 Å². The Balaban J connectivity index is 1.000. The van der Waals surface area contributed by atoms with Gasteiger partial charge in [-0.05, 0) is 85.4 Å². The lowest BCUT2D eigenvalue weighted by Gasteiger charge is -2.68. The summed E-state index contributed by atoms with van der Waals surface area (Å²) in [7, 11) is 0. The minimum Gasteiger partial charge on any atom is -0.432 e. The van der Waals surface area contributed by atoms with Gasteiger partial charge < -0.3 is 79.5 Å². The Hall–Kier alpha value is -1.98. The highest BCUT2D eigenvalue weighted by molar-refractivity contribution is 5.92. The zero-order chi connectivity index (χ0) is 48.4. The van der Waals surface area contributed by atoms with Crippen molar-refractivity contribution in [3.8, 4) is 0 Å². The number of ketones is 1. The second kappa shape index (κ2) is 17.4. The van der Waals surface area contributed by atoms with E-state index in [1.807, 2.05) is 13.8 Å². The van der Waals surface area contributed by atoms with Gasteiger partial charge in [0.1, 0.15) is 72.9 Å². The molecule has 66 heavy (non-hydrogen) atoms. The summed E-state index contributed by atoms with van der Waals surface area (Å²) in [5, 5.41) is 107. The Labute approximate surface area is 385 Å². The predicted molar refractivity (Wildman–Crippen MR) is 229 cm³/mol. The van der Waals surface area contributed by atoms with Crippen LogP contribution in [0.4, 0.5) is 0 Å². The van der Waals surface area contributed by atoms with Crippen LogP contribution in [0.2, 0.25) is 0 Å². The Morgan fingerprint density at radius 1 is 0.697 bits per heavy atom. The summed E-state index contributed by atoms with van der Waals surface area (Å²) in [4.78, 5) is 28.9. The maximum atomic E-state index is 14.9. The molecule has 374 valence electrons. The van der Waals surface area contributed by atoms with Crippen molar-refractivity contribution in [2.75, 3.05) is 13.2 Å². The lowest BCUT2D eigenvalue weighted by molar-refractivity contribution is -0.361. The summed E-state index contributed by atoms with van der Waals surface area (Å²) < 4.78 is 34.5. The van der Waals surface area contributed by atoms with E-state index in [0.29, 0.717) is 25.7 Å². The minimum atomic E-state index is -1.91. The first-order valence-corrected chi connectivity index (χ1v) is 23.8. The summed E-state index contributed by atoms with van der Waals surface area (Å²) >= 11 is 0. The third-order valence-corrected chi connectivity index (χ3v) is 18.6. The number of ether oxygens (including phenoxy) is 6. The number of esters is 1. The Bertz CT molecular complexity index is 1920. The molecule has 18 nitrogen and oxygen atoms in total. The molecule has 0 radical (unpaired) electrons. The van der Waals surface area contributed by atoms with E-state index >= 15 is 0 Å². The molecule has 8 rings (SSSR count). The third-order valence-electron chi connectivity index (χ3n) is 18.6. The number of Topliss-reactive ketones (excluding diaryl/α,β-unsaturated/α-hetero) is 1. The van der Waals surface area contributed by atoms with Gasteiger partial charge in [0.05, 0.1) is 30.8 Å². The van der Waals surface area contributed by atoms with E-state index in [-0.39, 0.29) is 45.9 Å². The third kappa shape index (κ3) is 7.63. The molecule has 18 heteroatoms. The average molecular weight is 939 g/mol. The molecule has 0 amide bonds. The topological polar surface area (TPSA) is 292 Å². The molecule has 3 saturated heterocycles. The van der Waals surface area contributed by atoms with Crippen LogP contribution in [0.15, 0.2) is 23.3 Å². The van der Waals surface area contributed by atoms with E-state index in [1.165, 1.54) is 12.5 Å². The molecule has 10 N–H and O–H groups in total. The molecule has 3 heterocycles.